The smallest absolute Gasteiger partial charge is 0.261 e. The fourth-order valence-corrected chi connectivity index (χ4v) is 6.28. The summed E-state index contributed by atoms with van der Waals surface area (Å²) in [6.07, 6.45) is 2.90. The summed E-state index contributed by atoms with van der Waals surface area (Å²) in [5.74, 6) is 0.719. The van der Waals surface area contributed by atoms with E-state index in [0.29, 0.717) is 45.2 Å². The minimum Gasteiger partial charge on any atom is -0.386 e. The van der Waals surface area contributed by atoms with Crippen molar-refractivity contribution >= 4 is 33.0 Å². The summed E-state index contributed by atoms with van der Waals surface area (Å²) in [5.41, 5.74) is 1.37. The van der Waals surface area contributed by atoms with Crippen molar-refractivity contribution in [3.05, 3.63) is 46.4 Å². The van der Waals surface area contributed by atoms with Crippen LogP contribution in [0.5, 0.6) is 0 Å². The number of aliphatic hydroxyl groups is 1. The molecule has 0 amide bonds. The molecule has 168 valence electrons. The van der Waals surface area contributed by atoms with Crippen LogP contribution in [0.1, 0.15) is 50.8 Å². The van der Waals surface area contributed by atoms with E-state index in [-0.39, 0.29) is 11.6 Å². The normalized spacial score (nSPS) is 22.8. The Morgan fingerprint density at radius 2 is 2.12 bits per heavy atom. The highest BCUT2D eigenvalue weighted by Gasteiger charge is 2.51. The number of pyridine rings is 1. The maximum Gasteiger partial charge on any atom is 0.261 e. The van der Waals surface area contributed by atoms with Crippen molar-refractivity contribution in [1.82, 2.24) is 14.8 Å². The Bertz CT molecular complexity index is 1320. The Kier molecular flexibility index (Phi) is 4.65. The van der Waals surface area contributed by atoms with Gasteiger partial charge in [-0.05, 0) is 56.9 Å². The Labute approximate surface area is 186 Å². The van der Waals surface area contributed by atoms with E-state index in [9.17, 15) is 24.3 Å². The van der Waals surface area contributed by atoms with Crippen molar-refractivity contribution in [3.63, 3.8) is 0 Å². The van der Waals surface area contributed by atoms with E-state index in [4.69, 9.17) is 0 Å². The van der Waals surface area contributed by atoms with Crippen molar-refractivity contribution in [3.8, 4) is 6.07 Å². The first-order valence-corrected chi connectivity index (χ1v) is 12.0. The van der Waals surface area contributed by atoms with Crippen molar-refractivity contribution in [2.45, 2.75) is 54.9 Å². The van der Waals surface area contributed by atoms with Crippen molar-refractivity contribution < 1.29 is 14.2 Å². The largest absolute Gasteiger partial charge is 0.386 e. The lowest BCUT2D eigenvalue weighted by Gasteiger charge is -2.42. The number of hydrogen-bond donors (Lipinski definition) is 5. The molecule has 9 nitrogen and oxygen atoms in total. The van der Waals surface area contributed by atoms with Gasteiger partial charge >= 0.3 is 0 Å². The van der Waals surface area contributed by atoms with E-state index in [1.807, 2.05) is 0 Å². The summed E-state index contributed by atoms with van der Waals surface area (Å²) in [7, 11) is -3.16. The number of nitriles is 1. The summed E-state index contributed by atoms with van der Waals surface area (Å²) in [6, 6.07) is 8.85. The Hall–Kier alpha value is -2.84. The topological polar surface area (TPSA) is 147 Å². The minimum atomic E-state index is -3.16. The molecule has 2 atom stereocenters. The summed E-state index contributed by atoms with van der Waals surface area (Å²) in [6.45, 7) is 3.25. The second kappa shape index (κ2) is 7.08. The minimum absolute atomic E-state index is 0.101. The Morgan fingerprint density at radius 1 is 1.38 bits per heavy atom. The van der Waals surface area contributed by atoms with E-state index < -0.39 is 21.4 Å². The van der Waals surface area contributed by atoms with Gasteiger partial charge in [-0.1, -0.05) is 0 Å². The van der Waals surface area contributed by atoms with Gasteiger partial charge < -0.3 is 15.4 Å². The van der Waals surface area contributed by atoms with Crippen molar-refractivity contribution in [2.24, 2.45) is 5.92 Å². The van der Waals surface area contributed by atoms with Gasteiger partial charge in [0, 0.05) is 17.4 Å². The van der Waals surface area contributed by atoms with E-state index in [0.717, 1.165) is 12.8 Å². The number of H-pyrrole nitrogens is 1. The first kappa shape index (κ1) is 21.0. The zero-order valence-electron chi connectivity index (χ0n) is 17.7. The highest BCUT2D eigenvalue weighted by atomic mass is 32.3. The number of benzene rings is 1. The molecule has 5 N–H and O–H groups in total. The molecule has 10 heteroatoms. The third kappa shape index (κ3) is 2.97. The quantitative estimate of drug-likeness (QED) is 0.386. The van der Waals surface area contributed by atoms with Crippen LogP contribution in [0.15, 0.2) is 40.2 Å². The highest BCUT2D eigenvalue weighted by Crippen LogP contribution is 2.70. The first-order valence-electron chi connectivity index (χ1n) is 10.5. The lowest BCUT2D eigenvalue weighted by Crippen LogP contribution is -2.29. The summed E-state index contributed by atoms with van der Waals surface area (Å²) in [4.78, 5) is 15.7. The molecular formula is C22H25N5O4S. The summed E-state index contributed by atoms with van der Waals surface area (Å²) in [5, 5.41) is 28.3. The lowest BCUT2D eigenvalue weighted by atomic mass is 9.98. The van der Waals surface area contributed by atoms with Crippen molar-refractivity contribution in [2.75, 3.05) is 5.32 Å². The molecule has 1 aliphatic heterocycles. The third-order valence-electron chi connectivity index (χ3n) is 6.68. The summed E-state index contributed by atoms with van der Waals surface area (Å²) < 4.78 is 22.0. The van der Waals surface area contributed by atoms with Crippen LogP contribution in [-0.2, 0) is 0 Å². The van der Waals surface area contributed by atoms with E-state index in [1.165, 1.54) is 0 Å². The van der Waals surface area contributed by atoms with Crippen LogP contribution in [-0.4, -0.2) is 33.7 Å². The van der Waals surface area contributed by atoms with Crippen LogP contribution < -0.4 is 10.9 Å². The first-order chi connectivity index (χ1) is 15.2. The van der Waals surface area contributed by atoms with E-state index in [2.05, 4.69) is 21.5 Å². The molecule has 0 saturated heterocycles. The molecule has 3 heterocycles. The molecule has 0 unspecified atom stereocenters. The zero-order valence-corrected chi connectivity index (χ0v) is 18.6. The van der Waals surface area contributed by atoms with E-state index >= 15 is 0 Å². The number of aromatic nitrogens is 3. The van der Waals surface area contributed by atoms with Gasteiger partial charge in [-0.25, -0.2) is 0 Å². The molecule has 1 aliphatic carbocycles. The number of nitrogens with zero attached hydrogens (tertiary/aromatic N) is 3. The maximum atomic E-state index is 12.7. The maximum absolute atomic E-state index is 12.7. The third-order valence-corrected chi connectivity index (χ3v) is 9.35. The SMILES string of the molecule is CC1(C)[C@H](O)c2cc(Nc3nn([C@@H](CC#N)C4CC4)c4cc[nH]c(=O)c34)ccc2S1(O)O. The predicted molar refractivity (Wildman–Crippen MR) is 122 cm³/mol. The molecule has 3 aromatic rings. The number of aromatic amines is 1. The van der Waals surface area contributed by atoms with Gasteiger partial charge in [0.2, 0.25) is 0 Å². The standard InChI is InChI=1S/C22H25N5O4S/c1-22(2)19(28)14-11-13(5-6-17(14)32(22,30)31)25-20-18-16(8-10-24-21(18)29)27(26-20)15(7-9-23)12-3-4-12/h5-6,8,10-12,15,19,28,30-31H,3-4,7H2,1-2H3,(H,24,29)(H,25,26)/t15-,19+/m0/s1. The van der Waals surface area contributed by atoms with Gasteiger partial charge in [-0.15, -0.1) is 0 Å². The molecule has 1 aromatic carbocycles. The molecule has 5 rings (SSSR count). The van der Waals surface area contributed by atoms with Gasteiger partial charge in [0.05, 0.1) is 33.7 Å². The molecular weight excluding hydrogens is 430 g/mol. The molecule has 32 heavy (non-hydrogen) atoms. The van der Waals surface area contributed by atoms with Gasteiger partial charge in [0.25, 0.3) is 5.56 Å². The average Bonchev–Trinajstić information content (AvgIpc) is 3.51. The number of nitrogens with one attached hydrogen (secondary N) is 2. The Morgan fingerprint density at radius 3 is 2.81 bits per heavy atom. The van der Waals surface area contributed by atoms with Gasteiger partial charge in [-0.2, -0.15) is 21.0 Å². The molecule has 0 spiro atoms. The number of fused-ring (bicyclic) bond motifs is 2. The molecule has 0 radical (unpaired) electrons. The van der Waals surface area contributed by atoms with Gasteiger partial charge in [0.1, 0.15) is 11.5 Å². The fourth-order valence-electron chi connectivity index (χ4n) is 4.52. The number of rotatable bonds is 5. The molecule has 1 saturated carbocycles. The number of hydrogen-bond acceptors (Lipinski definition) is 7. The summed E-state index contributed by atoms with van der Waals surface area (Å²) >= 11 is 0. The zero-order chi connectivity index (χ0) is 22.8. The number of aliphatic hydroxyl groups excluding tert-OH is 1. The van der Waals surface area contributed by atoms with Crippen LogP contribution in [0.4, 0.5) is 11.5 Å². The monoisotopic (exact) mass is 455 g/mol. The van der Waals surface area contributed by atoms with Crippen LogP contribution >= 0.6 is 10.6 Å². The molecule has 1 fully saturated rings. The molecule has 2 aliphatic rings. The van der Waals surface area contributed by atoms with Gasteiger partial charge in [-0.3, -0.25) is 18.6 Å². The van der Waals surface area contributed by atoms with Crippen LogP contribution in [0.3, 0.4) is 0 Å². The fraction of sp³-hybridized carbons (Fsp3) is 0.409. The molecule has 2 aromatic heterocycles. The van der Waals surface area contributed by atoms with Gasteiger partial charge in [0.15, 0.2) is 5.82 Å². The number of anilines is 2. The Balaban J connectivity index is 1.59. The van der Waals surface area contributed by atoms with E-state index in [1.54, 1.807) is 49.0 Å². The highest BCUT2D eigenvalue weighted by molar-refractivity contribution is 8.25. The second-order valence-corrected chi connectivity index (χ2v) is 11.6. The van der Waals surface area contributed by atoms with Crippen LogP contribution in [0.25, 0.3) is 10.9 Å². The van der Waals surface area contributed by atoms with Crippen LogP contribution in [0.2, 0.25) is 0 Å². The lowest BCUT2D eigenvalue weighted by molar-refractivity contribution is 0.140. The molecule has 0 bridgehead atoms. The van der Waals surface area contributed by atoms with Crippen molar-refractivity contribution in [1.29, 1.82) is 5.26 Å². The van der Waals surface area contributed by atoms with Crippen LogP contribution in [0, 0.1) is 17.2 Å². The second-order valence-electron chi connectivity index (χ2n) is 9.06. The average molecular weight is 456 g/mol. The predicted octanol–water partition coefficient (Wildman–Crippen LogP) is 4.27.